The summed E-state index contributed by atoms with van der Waals surface area (Å²) >= 11 is 0. The van der Waals surface area contributed by atoms with Crippen LogP contribution in [0.4, 0.5) is 0 Å². The molecule has 0 heterocycles. The van der Waals surface area contributed by atoms with Crippen molar-refractivity contribution in [2.24, 2.45) is 11.1 Å². The van der Waals surface area contributed by atoms with E-state index < -0.39 is 0 Å². The Morgan fingerprint density at radius 2 is 1.81 bits per heavy atom. The second-order valence-corrected chi connectivity index (χ2v) is 5.22. The van der Waals surface area contributed by atoms with Crippen LogP contribution < -0.4 is 10.5 Å². The van der Waals surface area contributed by atoms with Crippen LogP contribution in [0.5, 0.6) is 5.75 Å². The van der Waals surface area contributed by atoms with Crippen LogP contribution in [-0.4, -0.2) is 13.7 Å². The lowest BCUT2D eigenvalue weighted by Gasteiger charge is -2.24. The summed E-state index contributed by atoms with van der Waals surface area (Å²) in [6.07, 6.45) is 1.01. The number of rotatable bonds is 4. The van der Waals surface area contributed by atoms with Crippen LogP contribution in [0.25, 0.3) is 0 Å². The molecule has 0 aliphatic rings. The second-order valence-electron chi connectivity index (χ2n) is 5.22. The fraction of sp³-hybridized carbons (Fsp3) is 0.571. The van der Waals surface area contributed by atoms with Crippen LogP contribution in [0, 0.1) is 19.3 Å². The third kappa shape index (κ3) is 2.76. The highest BCUT2D eigenvalue weighted by Crippen LogP contribution is 2.28. The first-order chi connectivity index (χ1) is 7.41. The highest BCUT2D eigenvalue weighted by Gasteiger charge is 2.18. The van der Waals surface area contributed by atoms with Crippen LogP contribution in [0.2, 0.25) is 0 Å². The molecule has 2 heteroatoms. The first-order valence-corrected chi connectivity index (χ1v) is 5.74. The van der Waals surface area contributed by atoms with Crippen molar-refractivity contribution in [3.8, 4) is 5.75 Å². The predicted molar refractivity (Wildman–Crippen MR) is 69.0 cm³/mol. The molecule has 0 amide bonds. The molecule has 0 spiro atoms. The summed E-state index contributed by atoms with van der Waals surface area (Å²) in [5, 5.41) is 0. The summed E-state index contributed by atoms with van der Waals surface area (Å²) in [4.78, 5) is 0. The number of methoxy groups -OCH3 is 1. The zero-order valence-electron chi connectivity index (χ0n) is 11.1. The van der Waals surface area contributed by atoms with Gasteiger partial charge in [0.25, 0.3) is 0 Å². The number of nitrogens with two attached hydrogens (primary N) is 1. The summed E-state index contributed by atoms with van der Waals surface area (Å²) < 4.78 is 5.31. The second kappa shape index (κ2) is 4.88. The van der Waals surface area contributed by atoms with Crippen molar-refractivity contribution in [3.05, 3.63) is 28.8 Å². The fourth-order valence-corrected chi connectivity index (χ4v) is 1.85. The molecule has 2 N–H and O–H groups in total. The molecule has 90 valence electrons. The van der Waals surface area contributed by atoms with Gasteiger partial charge < -0.3 is 10.5 Å². The lowest BCUT2D eigenvalue weighted by Crippen LogP contribution is -2.26. The molecule has 0 saturated carbocycles. The molecule has 16 heavy (non-hydrogen) atoms. The molecule has 0 bridgehead atoms. The average Bonchev–Trinajstić information content (AvgIpc) is 2.25. The number of hydrogen-bond acceptors (Lipinski definition) is 2. The van der Waals surface area contributed by atoms with Crippen molar-refractivity contribution in [3.63, 3.8) is 0 Å². The van der Waals surface area contributed by atoms with Gasteiger partial charge in [-0.05, 0) is 55.0 Å². The third-order valence-electron chi connectivity index (χ3n) is 3.29. The zero-order valence-corrected chi connectivity index (χ0v) is 11.1. The van der Waals surface area contributed by atoms with Crippen LogP contribution in [0.1, 0.15) is 30.5 Å². The molecule has 0 atom stereocenters. The molecular formula is C14H23NO. The van der Waals surface area contributed by atoms with Crippen LogP contribution in [0.3, 0.4) is 0 Å². The van der Waals surface area contributed by atoms with E-state index in [-0.39, 0.29) is 5.41 Å². The van der Waals surface area contributed by atoms with Gasteiger partial charge in [0.05, 0.1) is 7.11 Å². The van der Waals surface area contributed by atoms with Crippen molar-refractivity contribution < 1.29 is 4.74 Å². The Morgan fingerprint density at radius 3 is 2.31 bits per heavy atom. The SMILES string of the molecule is COc1ccc(CC(C)(C)CN)c(C)c1C. The lowest BCUT2D eigenvalue weighted by atomic mass is 9.83. The van der Waals surface area contributed by atoms with Gasteiger partial charge in [0, 0.05) is 0 Å². The lowest BCUT2D eigenvalue weighted by molar-refractivity contribution is 0.375. The normalized spacial score (nSPS) is 11.6. The Morgan fingerprint density at radius 1 is 1.19 bits per heavy atom. The molecular weight excluding hydrogens is 198 g/mol. The van der Waals surface area contributed by atoms with Gasteiger partial charge in [0.2, 0.25) is 0 Å². The zero-order chi connectivity index (χ0) is 12.3. The third-order valence-corrected chi connectivity index (χ3v) is 3.29. The average molecular weight is 221 g/mol. The molecule has 0 aliphatic heterocycles. The van der Waals surface area contributed by atoms with Crippen LogP contribution >= 0.6 is 0 Å². The van der Waals surface area contributed by atoms with E-state index in [0.29, 0.717) is 6.54 Å². The maximum Gasteiger partial charge on any atom is 0.122 e. The summed E-state index contributed by atoms with van der Waals surface area (Å²) in [5.74, 6) is 0.965. The van der Waals surface area contributed by atoms with E-state index in [0.717, 1.165) is 12.2 Å². The molecule has 1 aromatic rings. The maximum atomic E-state index is 5.77. The van der Waals surface area contributed by atoms with E-state index in [1.165, 1.54) is 16.7 Å². The van der Waals surface area contributed by atoms with Crippen molar-refractivity contribution in [2.45, 2.75) is 34.1 Å². The molecule has 1 aromatic carbocycles. The van der Waals surface area contributed by atoms with Crippen molar-refractivity contribution >= 4 is 0 Å². The van der Waals surface area contributed by atoms with Gasteiger partial charge >= 0.3 is 0 Å². The molecule has 1 rings (SSSR count). The number of benzene rings is 1. The Labute approximate surface area is 98.8 Å². The Bertz CT molecular complexity index is 369. The van der Waals surface area contributed by atoms with E-state index in [2.05, 4.69) is 33.8 Å². The van der Waals surface area contributed by atoms with Crippen molar-refractivity contribution in [2.75, 3.05) is 13.7 Å². The molecule has 0 aromatic heterocycles. The van der Waals surface area contributed by atoms with Gasteiger partial charge in [-0.25, -0.2) is 0 Å². The fourth-order valence-electron chi connectivity index (χ4n) is 1.85. The van der Waals surface area contributed by atoms with Crippen molar-refractivity contribution in [1.82, 2.24) is 0 Å². The van der Waals surface area contributed by atoms with Gasteiger partial charge in [0.1, 0.15) is 5.75 Å². The minimum absolute atomic E-state index is 0.159. The Kier molecular flexibility index (Phi) is 3.98. The molecule has 0 fully saturated rings. The molecule has 0 saturated heterocycles. The van der Waals surface area contributed by atoms with Gasteiger partial charge in [-0.1, -0.05) is 19.9 Å². The maximum absolute atomic E-state index is 5.77. The molecule has 0 aliphatic carbocycles. The monoisotopic (exact) mass is 221 g/mol. The van der Waals surface area contributed by atoms with Gasteiger partial charge in [-0.2, -0.15) is 0 Å². The van der Waals surface area contributed by atoms with E-state index >= 15 is 0 Å². The van der Waals surface area contributed by atoms with Gasteiger partial charge in [-0.3, -0.25) is 0 Å². The van der Waals surface area contributed by atoms with Crippen LogP contribution in [0.15, 0.2) is 12.1 Å². The van der Waals surface area contributed by atoms with Crippen LogP contribution in [-0.2, 0) is 6.42 Å². The van der Waals surface area contributed by atoms with E-state index in [9.17, 15) is 0 Å². The van der Waals surface area contributed by atoms with E-state index in [1.54, 1.807) is 7.11 Å². The predicted octanol–water partition coefficient (Wildman–Crippen LogP) is 2.84. The topological polar surface area (TPSA) is 35.2 Å². The molecule has 0 unspecified atom stereocenters. The largest absolute Gasteiger partial charge is 0.496 e. The number of hydrogen-bond donors (Lipinski definition) is 1. The summed E-state index contributed by atoms with van der Waals surface area (Å²) in [6.45, 7) is 9.36. The van der Waals surface area contributed by atoms with Crippen molar-refractivity contribution in [1.29, 1.82) is 0 Å². The Hall–Kier alpha value is -1.02. The smallest absolute Gasteiger partial charge is 0.122 e. The first kappa shape index (κ1) is 13.0. The highest BCUT2D eigenvalue weighted by molar-refractivity contribution is 5.43. The highest BCUT2D eigenvalue weighted by atomic mass is 16.5. The summed E-state index contributed by atoms with van der Waals surface area (Å²) in [6, 6.07) is 4.20. The number of ether oxygens (including phenoxy) is 1. The summed E-state index contributed by atoms with van der Waals surface area (Å²) in [7, 11) is 1.71. The van der Waals surface area contributed by atoms with Gasteiger partial charge in [-0.15, -0.1) is 0 Å². The first-order valence-electron chi connectivity index (χ1n) is 5.74. The van der Waals surface area contributed by atoms with E-state index in [4.69, 9.17) is 10.5 Å². The van der Waals surface area contributed by atoms with Gasteiger partial charge in [0.15, 0.2) is 0 Å². The summed E-state index contributed by atoms with van der Waals surface area (Å²) in [5.41, 5.74) is 9.85. The standard InChI is InChI=1S/C14H23NO/c1-10-11(2)13(16-5)7-6-12(10)8-14(3,4)9-15/h6-7H,8-9,15H2,1-5H3. The quantitative estimate of drug-likeness (QED) is 0.848. The van der Waals surface area contributed by atoms with E-state index in [1.807, 2.05) is 6.07 Å². The molecule has 0 radical (unpaired) electrons. The Balaban J connectivity index is 3.04. The molecule has 2 nitrogen and oxygen atoms in total. The minimum atomic E-state index is 0.159. The minimum Gasteiger partial charge on any atom is -0.496 e.